The number of ether oxygens (including phenoxy) is 2. The molecule has 0 atom stereocenters. The van der Waals surface area contributed by atoms with E-state index < -0.39 is 0 Å². The predicted molar refractivity (Wildman–Crippen MR) is 140 cm³/mol. The Hall–Kier alpha value is -3.73. The van der Waals surface area contributed by atoms with Gasteiger partial charge in [0.05, 0.1) is 18.9 Å². The summed E-state index contributed by atoms with van der Waals surface area (Å²) in [4.78, 5) is 12.1. The van der Waals surface area contributed by atoms with Gasteiger partial charge in [0.25, 0.3) is 0 Å². The molecule has 5 nitrogen and oxygen atoms in total. The van der Waals surface area contributed by atoms with Crippen LogP contribution in [0.4, 0.5) is 11.4 Å². The molecule has 0 aromatic heterocycles. The zero-order valence-corrected chi connectivity index (χ0v) is 19.6. The van der Waals surface area contributed by atoms with E-state index in [1.165, 1.54) is 12.8 Å². The molecule has 0 fully saturated rings. The summed E-state index contributed by atoms with van der Waals surface area (Å²) in [5, 5.41) is 0. The number of carbonyl (C=O) groups is 1. The van der Waals surface area contributed by atoms with Crippen molar-refractivity contribution in [3.8, 4) is 11.5 Å². The SMILES string of the molecule is Nc1ccc(OCCCCCCCCOc2ccc(C=CC(=O)c3ccccc3)cc2)c(N)c1. The molecule has 0 heterocycles. The number of hydrogen-bond donors (Lipinski definition) is 2. The van der Waals surface area contributed by atoms with Crippen LogP contribution < -0.4 is 20.9 Å². The number of hydrogen-bond acceptors (Lipinski definition) is 5. The van der Waals surface area contributed by atoms with Gasteiger partial charge in [-0.3, -0.25) is 4.79 Å². The van der Waals surface area contributed by atoms with Crippen molar-refractivity contribution in [2.24, 2.45) is 0 Å². The van der Waals surface area contributed by atoms with E-state index in [0.717, 1.165) is 37.0 Å². The van der Waals surface area contributed by atoms with Crippen molar-refractivity contribution in [2.45, 2.75) is 38.5 Å². The summed E-state index contributed by atoms with van der Waals surface area (Å²) in [6.07, 6.45) is 10.1. The van der Waals surface area contributed by atoms with E-state index in [0.29, 0.717) is 35.9 Å². The first-order valence-corrected chi connectivity index (χ1v) is 11.9. The lowest BCUT2D eigenvalue weighted by atomic mass is 10.1. The zero-order chi connectivity index (χ0) is 24.0. The summed E-state index contributed by atoms with van der Waals surface area (Å²) in [5.41, 5.74) is 14.5. The Morgan fingerprint density at radius 1 is 0.735 bits per heavy atom. The second kappa shape index (κ2) is 13.7. The molecule has 0 unspecified atom stereocenters. The van der Waals surface area contributed by atoms with Crippen LogP contribution in [-0.4, -0.2) is 19.0 Å². The summed E-state index contributed by atoms with van der Waals surface area (Å²) in [6, 6.07) is 22.4. The topological polar surface area (TPSA) is 87.6 Å². The quantitative estimate of drug-likeness (QED) is 0.124. The number of carbonyl (C=O) groups excluding carboxylic acids is 1. The molecule has 0 saturated carbocycles. The highest BCUT2D eigenvalue weighted by atomic mass is 16.5. The van der Waals surface area contributed by atoms with Gasteiger partial charge in [-0.2, -0.15) is 0 Å². The van der Waals surface area contributed by atoms with E-state index in [4.69, 9.17) is 20.9 Å². The monoisotopic (exact) mass is 458 g/mol. The molecule has 3 rings (SSSR count). The normalized spacial score (nSPS) is 10.9. The van der Waals surface area contributed by atoms with Gasteiger partial charge in [-0.05, 0) is 54.8 Å². The Kier molecular flexibility index (Phi) is 10.1. The van der Waals surface area contributed by atoms with Crippen molar-refractivity contribution in [2.75, 3.05) is 24.7 Å². The minimum atomic E-state index is -0.0000427. The van der Waals surface area contributed by atoms with Crippen LogP contribution in [0.5, 0.6) is 11.5 Å². The molecule has 0 aliphatic rings. The van der Waals surface area contributed by atoms with Gasteiger partial charge in [0, 0.05) is 11.3 Å². The second-order valence-corrected chi connectivity index (χ2v) is 8.25. The first kappa shape index (κ1) is 24.9. The van der Waals surface area contributed by atoms with Gasteiger partial charge in [0.1, 0.15) is 11.5 Å². The molecule has 0 spiro atoms. The van der Waals surface area contributed by atoms with Crippen molar-refractivity contribution >= 4 is 23.2 Å². The lowest BCUT2D eigenvalue weighted by Crippen LogP contribution is -2.01. The van der Waals surface area contributed by atoms with Crippen LogP contribution in [0.1, 0.15) is 54.4 Å². The molecule has 5 heteroatoms. The molecule has 0 aliphatic carbocycles. The summed E-state index contributed by atoms with van der Waals surface area (Å²) >= 11 is 0. The summed E-state index contributed by atoms with van der Waals surface area (Å²) in [7, 11) is 0. The molecule has 4 N–H and O–H groups in total. The highest BCUT2D eigenvalue weighted by molar-refractivity contribution is 6.06. The van der Waals surface area contributed by atoms with Gasteiger partial charge in [0.15, 0.2) is 5.78 Å². The van der Waals surface area contributed by atoms with E-state index in [2.05, 4.69) is 0 Å². The van der Waals surface area contributed by atoms with Crippen molar-refractivity contribution in [1.82, 2.24) is 0 Å². The van der Waals surface area contributed by atoms with Crippen LogP contribution in [0.15, 0.2) is 78.9 Å². The lowest BCUT2D eigenvalue weighted by molar-refractivity contribution is 0.104. The molecule has 0 aliphatic heterocycles. The summed E-state index contributed by atoms with van der Waals surface area (Å²) in [5.74, 6) is 1.56. The maximum absolute atomic E-state index is 12.1. The average Bonchev–Trinajstić information content (AvgIpc) is 2.86. The van der Waals surface area contributed by atoms with Gasteiger partial charge >= 0.3 is 0 Å². The number of nitrogens with two attached hydrogens (primary N) is 2. The number of allylic oxidation sites excluding steroid dienone is 1. The number of nitrogen functional groups attached to an aromatic ring is 2. The van der Waals surface area contributed by atoms with Crippen molar-refractivity contribution in [1.29, 1.82) is 0 Å². The first-order valence-electron chi connectivity index (χ1n) is 11.9. The van der Waals surface area contributed by atoms with Gasteiger partial charge in [0.2, 0.25) is 0 Å². The molecule has 178 valence electrons. The molecule has 34 heavy (non-hydrogen) atoms. The van der Waals surface area contributed by atoms with Crippen LogP contribution in [-0.2, 0) is 0 Å². The molecular formula is C29H34N2O3. The Bertz CT molecular complexity index is 1050. The van der Waals surface area contributed by atoms with E-state index in [-0.39, 0.29) is 5.78 Å². The van der Waals surface area contributed by atoms with Crippen LogP contribution in [0.3, 0.4) is 0 Å². The van der Waals surface area contributed by atoms with Crippen LogP contribution in [0, 0.1) is 0 Å². The molecule has 3 aromatic carbocycles. The van der Waals surface area contributed by atoms with Crippen LogP contribution in [0.25, 0.3) is 6.08 Å². The van der Waals surface area contributed by atoms with E-state index in [1.54, 1.807) is 18.2 Å². The molecule has 3 aromatic rings. The van der Waals surface area contributed by atoms with Gasteiger partial charge in [-0.25, -0.2) is 0 Å². The first-order chi connectivity index (χ1) is 16.6. The third kappa shape index (κ3) is 8.66. The Balaban J connectivity index is 1.22. The lowest BCUT2D eigenvalue weighted by Gasteiger charge is -2.09. The van der Waals surface area contributed by atoms with Crippen LogP contribution in [0.2, 0.25) is 0 Å². The predicted octanol–water partition coefficient (Wildman–Crippen LogP) is 6.55. The Morgan fingerprint density at radius 2 is 1.38 bits per heavy atom. The average molecular weight is 459 g/mol. The molecule has 0 saturated heterocycles. The fourth-order valence-electron chi connectivity index (χ4n) is 3.53. The molecule has 0 amide bonds. The Morgan fingerprint density at radius 3 is 2.06 bits per heavy atom. The largest absolute Gasteiger partial charge is 0.494 e. The van der Waals surface area contributed by atoms with Crippen LogP contribution >= 0.6 is 0 Å². The third-order valence-corrected chi connectivity index (χ3v) is 5.46. The minimum Gasteiger partial charge on any atom is -0.494 e. The van der Waals surface area contributed by atoms with Crippen molar-refractivity contribution in [3.05, 3.63) is 90.0 Å². The minimum absolute atomic E-state index is 0.0000427. The van der Waals surface area contributed by atoms with Crippen molar-refractivity contribution < 1.29 is 14.3 Å². The molecule has 0 bridgehead atoms. The number of unbranched alkanes of at least 4 members (excludes halogenated alkanes) is 5. The fourth-order valence-corrected chi connectivity index (χ4v) is 3.53. The highest BCUT2D eigenvalue weighted by Crippen LogP contribution is 2.23. The van der Waals surface area contributed by atoms with Gasteiger partial charge in [-0.15, -0.1) is 0 Å². The highest BCUT2D eigenvalue weighted by Gasteiger charge is 2.01. The Labute approximate surface area is 202 Å². The summed E-state index contributed by atoms with van der Waals surface area (Å²) in [6.45, 7) is 1.38. The number of benzene rings is 3. The maximum Gasteiger partial charge on any atom is 0.185 e. The number of ketones is 1. The van der Waals surface area contributed by atoms with Gasteiger partial charge < -0.3 is 20.9 Å². The standard InChI is InChI=1S/C29H34N2O3/c30-25-15-19-29(27(31)22-25)34-21-9-4-2-1-3-8-20-33-26-16-12-23(13-17-26)14-18-28(32)24-10-6-5-7-11-24/h5-7,10-19,22H,1-4,8-9,20-21,30-31H2. The summed E-state index contributed by atoms with van der Waals surface area (Å²) < 4.78 is 11.6. The smallest absolute Gasteiger partial charge is 0.185 e. The fraction of sp³-hybridized carbons (Fsp3) is 0.276. The zero-order valence-electron chi connectivity index (χ0n) is 19.6. The van der Waals surface area contributed by atoms with E-state index in [9.17, 15) is 4.79 Å². The second-order valence-electron chi connectivity index (χ2n) is 8.25. The van der Waals surface area contributed by atoms with E-state index in [1.807, 2.05) is 66.7 Å². The molecule has 0 radical (unpaired) electrons. The number of rotatable bonds is 14. The third-order valence-electron chi connectivity index (χ3n) is 5.46. The van der Waals surface area contributed by atoms with E-state index >= 15 is 0 Å². The molecular weight excluding hydrogens is 424 g/mol. The maximum atomic E-state index is 12.1. The number of anilines is 2. The van der Waals surface area contributed by atoms with Gasteiger partial charge in [-0.1, -0.05) is 74.2 Å². The van der Waals surface area contributed by atoms with Crippen molar-refractivity contribution in [3.63, 3.8) is 0 Å².